The molecule has 0 radical (unpaired) electrons. The van der Waals surface area contributed by atoms with E-state index in [1.54, 1.807) is 42.5 Å². The Morgan fingerprint density at radius 3 is 1.89 bits per heavy atom. The molecule has 0 saturated carbocycles. The standard InChI is InChI=1S/C21H24O5.H2OP/c1-14(2)13-26-21(23)18(15-9-6-5-7-10-15)20(22)19-16(24-3)11-8-12-17(19)25-4;1-2/h5-12,14,18H,13H2,1-4H3;2H2/q;+1. The lowest BCUT2D eigenvalue weighted by atomic mass is 9.89. The van der Waals surface area contributed by atoms with Crippen LogP contribution in [-0.2, 0) is 14.1 Å². The Morgan fingerprint density at radius 2 is 1.43 bits per heavy atom. The topological polar surface area (TPSA) is 78.9 Å². The molecule has 2 aromatic rings. The predicted octanol–water partition coefficient (Wildman–Crippen LogP) is 4.08. The van der Waals surface area contributed by atoms with E-state index >= 15 is 0 Å². The first-order chi connectivity index (χ1) is 13.5. The Balaban J connectivity index is 0.00000190. The van der Waals surface area contributed by atoms with Crippen LogP contribution >= 0.6 is 9.12 Å². The number of esters is 1. The van der Waals surface area contributed by atoms with Gasteiger partial charge in [0.25, 0.3) is 0 Å². The Morgan fingerprint density at radius 1 is 0.893 bits per heavy atom. The Bertz CT molecular complexity index is 753. The normalized spacial score (nSPS) is 11.0. The molecule has 0 amide bonds. The second-order valence-electron chi connectivity index (χ2n) is 6.27. The van der Waals surface area contributed by atoms with E-state index in [9.17, 15) is 9.59 Å². The van der Waals surface area contributed by atoms with Crippen molar-refractivity contribution in [3.63, 3.8) is 0 Å². The van der Waals surface area contributed by atoms with Gasteiger partial charge >= 0.3 is 15.1 Å². The smallest absolute Gasteiger partial charge is 0.321 e. The van der Waals surface area contributed by atoms with Crippen molar-refractivity contribution in [3.05, 3.63) is 59.7 Å². The van der Waals surface area contributed by atoms with E-state index in [1.165, 1.54) is 23.3 Å². The molecule has 6 nitrogen and oxygen atoms in total. The van der Waals surface area contributed by atoms with Gasteiger partial charge in [-0.2, -0.15) is 0 Å². The summed E-state index contributed by atoms with van der Waals surface area (Å²) in [6.45, 7) is 4.13. The van der Waals surface area contributed by atoms with Gasteiger partial charge in [-0.15, -0.1) is 0 Å². The number of benzene rings is 2. The number of carbonyl (C=O) groups is 2. The number of ketones is 1. The van der Waals surface area contributed by atoms with Crippen LogP contribution in [-0.4, -0.2) is 32.6 Å². The fraction of sp³-hybridized carbons (Fsp3) is 0.333. The number of Topliss-reactive ketones (excluding diaryl/α,β-unsaturated/α-hetero) is 1. The number of hydrogen-bond donors (Lipinski definition) is 0. The number of rotatable bonds is 8. The maximum atomic E-state index is 13.3. The van der Waals surface area contributed by atoms with Crippen LogP contribution in [0.25, 0.3) is 0 Å². The van der Waals surface area contributed by atoms with Crippen molar-refractivity contribution < 1.29 is 28.4 Å². The summed E-state index contributed by atoms with van der Waals surface area (Å²) in [6.07, 6.45) is 0. The second kappa shape index (κ2) is 11.9. The molecule has 0 saturated heterocycles. The number of methoxy groups -OCH3 is 2. The first kappa shape index (κ1) is 23.3. The molecule has 7 heteroatoms. The molecule has 0 aliphatic rings. The van der Waals surface area contributed by atoms with Gasteiger partial charge in [0.15, 0.2) is 5.78 Å². The van der Waals surface area contributed by atoms with Gasteiger partial charge in [0.1, 0.15) is 23.0 Å². The largest absolute Gasteiger partial charge is 0.496 e. The molecule has 150 valence electrons. The van der Waals surface area contributed by atoms with Crippen LogP contribution in [0, 0.1) is 5.92 Å². The minimum atomic E-state index is -1.08. The van der Waals surface area contributed by atoms with Crippen molar-refractivity contribution in [3.8, 4) is 11.5 Å². The van der Waals surface area contributed by atoms with Crippen LogP contribution in [0.2, 0.25) is 0 Å². The quantitative estimate of drug-likeness (QED) is 0.285. The SMILES string of the molecule is COc1cccc(OC)c1C(=O)C(C(=O)OCC(C)C)c1ccccc1.O=[PH2+]. The molecule has 2 unspecified atom stereocenters. The summed E-state index contributed by atoms with van der Waals surface area (Å²) in [6, 6.07) is 13.9. The summed E-state index contributed by atoms with van der Waals surface area (Å²) >= 11 is 0. The van der Waals surface area contributed by atoms with Gasteiger partial charge in [-0.3, -0.25) is 9.59 Å². The van der Waals surface area contributed by atoms with E-state index in [4.69, 9.17) is 18.8 Å². The zero-order chi connectivity index (χ0) is 21.1. The van der Waals surface area contributed by atoms with Gasteiger partial charge in [-0.25, -0.2) is 0 Å². The lowest BCUT2D eigenvalue weighted by Crippen LogP contribution is -2.26. The fourth-order valence-electron chi connectivity index (χ4n) is 2.61. The van der Waals surface area contributed by atoms with Gasteiger partial charge in [0.05, 0.1) is 20.8 Å². The molecule has 2 aromatic carbocycles. The van der Waals surface area contributed by atoms with Gasteiger partial charge < -0.3 is 14.2 Å². The monoisotopic (exact) mass is 405 g/mol. The van der Waals surface area contributed by atoms with Crippen molar-refractivity contribution in [2.24, 2.45) is 5.92 Å². The highest BCUT2D eigenvalue weighted by Crippen LogP contribution is 2.34. The zero-order valence-corrected chi connectivity index (χ0v) is 17.7. The average Bonchev–Trinajstić information content (AvgIpc) is 2.73. The zero-order valence-electron chi connectivity index (χ0n) is 16.5. The summed E-state index contributed by atoms with van der Waals surface area (Å²) in [5.74, 6) is -1.20. The Hall–Kier alpha value is -2.72. The van der Waals surface area contributed by atoms with E-state index < -0.39 is 17.7 Å². The molecule has 2 rings (SSSR count). The van der Waals surface area contributed by atoms with Crippen molar-refractivity contribution in [2.45, 2.75) is 19.8 Å². The van der Waals surface area contributed by atoms with E-state index in [0.717, 1.165) is 0 Å². The van der Waals surface area contributed by atoms with E-state index in [2.05, 4.69) is 0 Å². The molecule has 0 bridgehead atoms. The number of carbonyl (C=O) groups excluding carboxylic acids is 2. The van der Waals surface area contributed by atoms with Crippen LogP contribution in [0.15, 0.2) is 48.5 Å². The maximum Gasteiger partial charge on any atom is 0.321 e. The van der Waals surface area contributed by atoms with Crippen molar-refractivity contribution in [1.29, 1.82) is 0 Å². The average molecular weight is 405 g/mol. The van der Waals surface area contributed by atoms with E-state index in [-0.39, 0.29) is 18.1 Å². The highest BCUT2D eigenvalue weighted by Gasteiger charge is 2.34. The molecule has 0 fully saturated rings. The summed E-state index contributed by atoms with van der Waals surface area (Å²) < 4.78 is 24.2. The molecule has 0 aliphatic carbocycles. The van der Waals surface area contributed by atoms with Crippen LogP contribution in [0.4, 0.5) is 0 Å². The lowest BCUT2D eigenvalue weighted by Gasteiger charge is -2.19. The third-order valence-corrected chi connectivity index (χ3v) is 3.86. The van der Waals surface area contributed by atoms with E-state index in [0.29, 0.717) is 17.1 Å². The van der Waals surface area contributed by atoms with Gasteiger partial charge in [0, 0.05) is 0 Å². The fourth-order valence-corrected chi connectivity index (χ4v) is 2.61. The molecule has 0 aromatic heterocycles. The summed E-state index contributed by atoms with van der Waals surface area (Å²) in [5, 5.41) is 0. The van der Waals surface area contributed by atoms with Crippen molar-refractivity contribution >= 4 is 20.9 Å². The Labute approximate surface area is 167 Å². The van der Waals surface area contributed by atoms with Crippen molar-refractivity contribution in [1.82, 2.24) is 0 Å². The van der Waals surface area contributed by atoms with Crippen LogP contribution in [0.5, 0.6) is 11.5 Å². The maximum absolute atomic E-state index is 13.3. The predicted molar refractivity (Wildman–Crippen MR) is 109 cm³/mol. The second-order valence-corrected chi connectivity index (χ2v) is 6.27. The van der Waals surface area contributed by atoms with Crippen LogP contribution in [0.1, 0.15) is 35.7 Å². The summed E-state index contributed by atoms with van der Waals surface area (Å²) in [7, 11) is 4.11. The minimum Gasteiger partial charge on any atom is -0.496 e. The van der Waals surface area contributed by atoms with Crippen LogP contribution in [0.3, 0.4) is 0 Å². The summed E-state index contributed by atoms with van der Waals surface area (Å²) in [5.41, 5.74) is 0.798. The van der Waals surface area contributed by atoms with E-state index in [1.807, 2.05) is 19.9 Å². The molecule has 0 N–H and O–H groups in total. The number of ether oxygens (including phenoxy) is 3. The lowest BCUT2D eigenvalue weighted by molar-refractivity contribution is -0.145. The van der Waals surface area contributed by atoms with Gasteiger partial charge in [-0.05, 0) is 23.6 Å². The Kier molecular flexibility index (Phi) is 9.89. The minimum absolute atomic E-state index is 0.172. The highest BCUT2D eigenvalue weighted by molar-refractivity contribution is 7.00. The van der Waals surface area contributed by atoms with Crippen LogP contribution < -0.4 is 9.47 Å². The molecule has 0 aliphatic heterocycles. The van der Waals surface area contributed by atoms with Crippen molar-refractivity contribution in [2.75, 3.05) is 20.8 Å². The molecule has 2 atom stereocenters. The third-order valence-electron chi connectivity index (χ3n) is 3.86. The third kappa shape index (κ3) is 5.89. The number of hydrogen-bond acceptors (Lipinski definition) is 6. The molecule has 0 heterocycles. The van der Waals surface area contributed by atoms with Gasteiger partial charge in [0.2, 0.25) is 0 Å². The molecular formula is C21H26O6P+. The highest BCUT2D eigenvalue weighted by atomic mass is 31.0. The molecule has 28 heavy (non-hydrogen) atoms. The van der Waals surface area contributed by atoms with Gasteiger partial charge in [-0.1, -0.05) is 54.8 Å². The first-order valence-corrected chi connectivity index (χ1v) is 9.17. The molecular weight excluding hydrogens is 379 g/mol. The first-order valence-electron chi connectivity index (χ1n) is 8.70. The summed E-state index contributed by atoms with van der Waals surface area (Å²) in [4.78, 5) is 26.1. The molecule has 0 spiro atoms.